The maximum absolute atomic E-state index is 13.8. The Hall–Kier alpha value is -2.96. The van der Waals surface area contributed by atoms with Crippen molar-refractivity contribution in [1.29, 1.82) is 0 Å². The molecule has 3 aromatic rings. The summed E-state index contributed by atoms with van der Waals surface area (Å²) >= 11 is -0.556. The Labute approximate surface area is 188 Å². The van der Waals surface area contributed by atoms with Crippen molar-refractivity contribution in [3.63, 3.8) is 0 Å². The standard InChI is InChI=1S/C24H18F3NO3Se/c25-24(26,27)18-12-11-17-14-23(22(29)20(17)13-18,32-19-9-5-2-6-10-19)21(15-28(30)31)16-7-3-1-4-8-16/h1-13,21H,14-15H2/t21-,23-/m1/s1. The molecule has 0 saturated heterocycles. The average molecular weight is 504 g/mol. The number of halogens is 3. The van der Waals surface area contributed by atoms with E-state index >= 15 is 0 Å². The van der Waals surface area contributed by atoms with Crippen molar-refractivity contribution in [1.82, 2.24) is 0 Å². The summed E-state index contributed by atoms with van der Waals surface area (Å²) in [6, 6.07) is 21.2. The van der Waals surface area contributed by atoms with Crippen molar-refractivity contribution >= 4 is 25.2 Å². The van der Waals surface area contributed by atoms with Crippen LogP contribution in [0.4, 0.5) is 13.2 Å². The van der Waals surface area contributed by atoms with E-state index in [1.54, 1.807) is 30.3 Å². The zero-order valence-corrected chi connectivity index (χ0v) is 18.4. The van der Waals surface area contributed by atoms with Crippen LogP contribution in [0.2, 0.25) is 4.31 Å². The molecule has 0 amide bonds. The summed E-state index contributed by atoms with van der Waals surface area (Å²) in [6.45, 7) is -0.482. The number of carbonyl (C=O) groups is 1. The van der Waals surface area contributed by atoms with Crippen LogP contribution in [0.3, 0.4) is 0 Å². The average Bonchev–Trinajstić information content (AvgIpc) is 3.04. The molecule has 1 aliphatic carbocycles. The third kappa shape index (κ3) is 4.20. The minimum absolute atomic E-state index is 0.0157. The van der Waals surface area contributed by atoms with Crippen molar-refractivity contribution in [2.24, 2.45) is 0 Å². The van der Waals surface area contributed by atoms with Gasteiger partial charge in [0, 0.05) is 0 Å². The monoisotopic (exact) mass is 505 g/mol. The predicted octanol–water partition coefficient (Wildman–Crippen LogP) is 4.69. The molecule has 164 valence electrons. The van der Waals surface area contributed by atoms with Crippen molar-refractivity contribution in [3.8, 4) is 0 Å². The van der Waals surface area contributed by atoms with Gasteiger partial charge < -0.3 is 0 Å². The van der Waals surface area contributed by atoms with E-state index in [1.807, 2.05) is 30.3 Å². The summed E-state index contributed by atoms with van der Waals surface area (Å²) in [4.78, 5) is 25.0. The number of Topliss-reactive ketones (excluding diaryl/α,β-unsaturated/α-hetero) is 1. The molecule has 0 N–H and O–H groups in total. The third-order valence-corrected chi connectivity index (χ3v) is 8.78. The molecule has 2 atom stereocenters. The number of carbonyl (C=O) groups excluding carboxylic acids is 1. The fraction of sp³-hybridized carbons (Fsp3) is 0.208. The number of alkyl halides is 3. The van der Waals surface area contributed by atoms with Gasteiger partial charge in [0.15, 0.2) is 0 Å². The molecule has 0 fully saturated rings. The Morgan fingerprint density at radius 2 is 1.62 bits per heavy atom. The van der Waals surface area contributed by atoms with Crippen LogP contribution in [0.15, 0.2) is 78.9 Å². The van der Waals surface area contributed by atoms with Gasteiger partial charge in [0.25, 0.3) is 0 Å². The first-order chi connectivity index (χ1) is 15.2. The van der Waals surface area contributed by atoms with Crippen molar-refractivity contribution in [2.75, 3.05) is 6.54 Å². The van der Waals surface area contributed by atoms with Crippen LogP contribution in [0, 0.1) is 10.1 Å². The molecule has 0 saturated carbocycles. The normalized spacial score (nSPS) is 18.9. The Kier molecular flexibility index (Phi) is 5.92. The third-order valence-electron chi connectivity index (χ3n) is 5.66. The molecular formula is C24H18F3NO3Se. The van der Waals surface area contributed by atoms with Gasteiger partial charge in [0.1, 0.15) is 0 Å². The summed E-state index contributed by atoms with van der Waals surface area (Å²) in [5.74, 6) is -1.22. The first-order valence-corrected chi connectivity index (χ1v) is 11.6. The molecular weight excluding hydrogens is 486 g/mol. The Morgan fingerprint density at radius 1 is 1.00 bits per heavy atom. The molecule has 4 nitrogen and oxygen atoms in total. The fourth-order valence-electron chi connectivity index (χ4n) is 4.20. The van der Waals surface area contributed by atoms with Gasteiger partial charge in [-0.3, -0.25) is 0 Å². The summed E-state index contributed by atoms with van der Waals surface area (Å²) in [5.41, 5.74) is 0.268. The Bertz CT molecular complexity index is 1150. The van der Waals surface area contributed by atoms with E-state index < -0.39 is 54.2 Å². The van der Waals surface area contributed by atoms with Crippen LogP contribution in [-0.4, -0.2) is 32.2 Å². The van der Waals surface area contributed by atoms with E-state index in [2.05, 4.69) is 0 Å². The number of nitrogens with zero attached hydrogens (tertiary/aromatic N) is 1. The zero-order chi connectivity index (χ0) is 22.9. The van der Waals surface area contributed by atoms with Crippen LogP contribution in [-0.2, 0) is 12.6 Å². The van der Waals surface area contributed by atoms with Crippen LogP contribution < -0.4 is 4.46 Å². The van der Waals surface area contributed by atoms with Gasteiger partial charge in [-0.15, -0.1) is 0 Å². The predicted molar refractivity (Wildman–Crippen MR) is 115 cm³/mol. The van der Waals surface area contributed by atoms with Crippen LogP contribution >= 0.6 is 0 Å². The first-order valence-electron chi connectivity index (χ1n) is 9.86. The van der Waals surface area contributed by atoms with Crippen LogP contribution in [0.1, 0.15) is 33.0 Å². The molecule has 0 aliphatic heterocycles. The number of hydrogen-bond acceptors (Lipinski definition) is 3. The zero-order valence-electron chi connectivity index (χ0n) is 16.7. The quantitative estimate of drug-likeness (QED) is 0.278. The van der Waals surface area contributed by atoms with Crippen molar-refractivity contribution < 1.29 is 22.9 Å². The van der Waals surface area contributed by atoms with E-state index in [-0.39, 0.29) is 12.0 Å². The second kappa shape index (κ2) is 8.52. The summed E-state index contributed by atoms with van der Waals surface area (Å²) in [7, 11) is 0. The Morgan fingerprint density at radius 3 is 2.22 bits per heavy atom. The fourth-order valence-corrected chi connectivity index (χ4v) is 7.34. The maximum atomic E-state index is 13.8. The second-order valence-electron chi connectivity index (χ2n) is 7.66. The van der Waals surface area contributed by atoms with Crippen LogP contribution in [0.5, 0.6) is 0 Å². The van der Waals surface area contributed by atoms with Crippen molar-refractivity contribution in [2.45, 2.75) is 22.8 Å². The summed E-state index contributed by atoms with van der Waals surface area (Å²) in [6.07, 6.45) is -4.41. The molecule has 1 aliphatic rings. The minimum atomic E-state index is -4.58. The molecule has 0 unspecified atom stereocenters. The van der Waals surface area contributed by atoms with Gasteiger partial charge >= 0.3 is 189 Å². The molecule has 8 heteroatoms. The van der Waals surface area contributed by atoms with Gasteiger partial charge in [-0.2, -0.15) is 0 Å². The van der Waals surface area contributed by atoms with E-state index in [9.17, 15) is 28.1 Å². The number of rotatable bonds is 6. The molecule has 3 aromatic carbocycles. The number of benzene rings is 3. The van der Waals surface area contributed by atoms with Gasteiger partial charge in [-0.1, -0.05) is 0 Å². The van der Waals surface area contributed by atoms with E-state index in [0.29, 0.717) is 11.1 Å². The van der Waals surface area contributed by atoms with E-state index in [1.165, 1.54) is 6.07 Å². The number of nitro groups is 1. The molecule has 0 heterocycles. The van der Waals surface area contributed by atoms with Crippen LogP contribution in [0.25, 0.3) is 0 Å². The molecule has 0 bridgehead atoms. The second-order valence-corrected chi connectivity index (χ2v) is 10.6. The number of fused-ring (bicyclic) bond motifs is 1. The molecule has 0 spiro atoms. The molecule has 0 radical (unpaired) electrons. The summed E-state index contributed by atoms with van der Waals surface area (Å²) < 4.78 is 39.6. The van der Waals surface area contributed by atoms with Gasteiger partial charge in [-0.25, -0.2) is 0 Å². The van der Waals surface area contributed by atoms with Crippen molar-refractivity contribution in [3.05, 3.63) is 111 Å². The molecule has 32 heavy (non-hydrogen) atoms. The van der Waals surface area contributed by atoms with Gasteiger partial charge in [0.2, 0.25) is 0 Å². The van der Waals surface area contributed by atoms with Gasteiger partial charge in [-0.05, 0) is 0 Å². The first kappa shape index (κ1) is 22.2. The SMILES string of the molecule is O=C1c2cc(C(F)(F)F)ccc2C[C@@]1([Se]c1ccccc1)[C@H](C[N+](=O)[O-])c1ccccc1. The van der Waals surface area contributed by atoms with E-state index in [4.69, 9.17) is 0 Å². The topological polar surface area (TPSA) is 60.2 Å². The van der Waals surface area contributed by atoms with Gasteiger partial charge in [0.05, 0.1) is 0 Å². The van der Waals surface area contributed by atoms with E-state index in [0.717, 1.165) is 16.6 Å². The number of hydrogen-bond donors (Lipinski definition) is 0. The number of ketones is 1. The summed E-state index contributed by atoms with van der Waals surface area (Å²) in [5, 5.41) is 11.7. The molecule has 0 aromatic heterocycles. The Balaban J connectivity index is 1.88. The molecule has 4 rings (SSSR count).